The van der Waals surface area contributed by atoms with E-state index in [4.69, 9.17) is 11.6 Å². The van der Waals surface area contributed by atoms with Crippen molar-refractivity contribution >= 4 is 23.2 Å². The van der Waals surface area contributed by atoms with E-state index in [1.807, 2.05) is 0 Å². The molecule has 20 heavy (non-hydrogen) atoms. The predicted octanol–water partition coefficient (Wildman–Crippen LogP) is 3.36. The van der Waals surface area contributed by atoms with Crippen LogP contribution in [0.5, 0.6) is 5.75 Å². The van der Waals surface area contributed by atoms with E-state index >= 15 is 0 Å². The largest absolute Gasteiger partial charge is 0.506 e. The summed E-state index contributed by atoms with van der Waals surface area (Å²) >= 11 is 5.65. The Bertz CT molecular complexity index is 629. The molecule has 0 saturated heterocycles. The number of hydrogen-bond donors (Lipinski definition) is 2. The van der Waals surface area contributed by atoms with Crippen LogP contribution in [0.4, 0.5) is 14.5 Å². The van der Waals surface area contributed by atoms with Gasteiger partial charge in [-0.1, -0.05) is 11.6 Å². The first-order chi connectivity index (χ1) is 9.47. The third-order valence-electron chi connectivity index (χ3n) is 2.60. The van der Waals surface area contributed by atoms with Gasteiger partial charge in [-0.3, -0.25) is 4.79 Å². The summed E-state index contributed by atoms with van der Waals surface area (Å²) in [6.45, 7) is -0.554. The van der Waals surface area contributed by atoms with Crippen LogP contribution in [0.15, 0.2) is 36.5 Å². The maximum atomic E-state index is 12.4. The van der Waals surface area contributed by atoms with Gasteiger partial charge in [-0.05, 0) is 24.3 Å². The van der Waals surface area contributed by atoms with Gasteiger partial charge >= 0.3 is 0 Å². The summed E-state index contributed by atoms with van der Waals surface area (Å²) in [4.78, 5) is 12.0. The van der Waals surface area contributed by atoms with Crippen LogP contribution in [0.3, 0.4) is 0 Å². The molecule has 0 radical (unpaired) electrons. The van der Waals surface area contributed by atoms with Crippen LogP contribution in [0, 0.1) is 0 Å². The smallest absolute Gasteiger partial charge is 0.272 e. The zero-order valence-corrected chi connectivity index (χ0v) is 10.9. The number of aromatic nitrogens is 1. The van der Waals surface area contributed by atoms with Gasteiger partial charge in [0.05, 0.1) is 11.6 Å². The van der Waals surface area contributed by atoms with Crippen LogP contribution in [0.1, 0.15) is 10.5 Å². The van der Waals surface area contributed by atoms with Gasteiger partial charge in [0.15, 0.2) is 0 Å². The van der Waals surface area contributed by atoms with Crippen molar-refractivity contribution in [1.29, 1.82) is 0 Å². The number of carbonyl (C=O) groups is 1. The van der Waals surface area contributed by atoms with Crippen molar-refractivity contribution in [3.8, 4) is 5.75 Å². The molecule has 0 aliphatic heterocycles. The van der Waals surface area contributed by atoms with E-state index in [1.165, 1.54) is 36.5 Å². The molecule has 0 atom stereocenters. The number of phenols is 1. The molecule has 2 rings (SSSR count). The summed E-state index contributed by atoms with van der Waals surface area (Å²) in [7, 11) is 0. The zero-order chi connectivity index (χ0) is 14.7. The maximum absolute atomic E-state index is 12.4. The molecule has 1 heterocycles. The molecule has 0 aliphatic rings. The minimum Gasteiger partial charge on any atom is -0.506 e. The average Bonchev–Trinajstić information content (AvgIpc) is 2.81. The third-order valence-corrected chi connectivity index (χ3v) is 2.92. The molecule has 106 valence electrons. The summed E-state index contributed by atoms with van der Waals surface area (Å²) in [5, 5.41) is 12.1. The zero-order valence-electron chi connectivity index (χ0n) is 10.2. The molecule has 0 bridgehead atoms. The van der Waals surface area contributed by atoms with Crippen molar-refractivity contribution in [2.24, 2.45) is 0 Å². The van der Waals surface area contributed by atoms with Crippen LogP contribution < -0.4 is 5.32 Å². The van der Waals surface area contributed by atoms with Gasteiger partial charge in [0.1, 0.15) is 11.4 Å². The normalized spacial score (nSPS) is 10.8. The summed E-state index contributed by atoms with van der Waals surface area (Å²) in [5.74, 6) is -0.718. The lowest BCUT2D eigenvalue weighted by atomic mass is 10.3. The first-order valence-electron chi connectivity index (χ1n) is 5.70. The van der Waals surface area contributed by atoms with E-state index in [0.29, 0.717) is 5.69 Å². The third kappa shape index (κ3) is 3.27. The summed E-state index contributed by atoms with van der Waals surface area (Å²) in [5.41, 5.74) is 0.432. The number of hydrogen-bond acceptors (Lipinski definition) is 2. The Hall–Kier alpha value is -2.08. The number of amides is 1. The molecule has 0 fully saturated rings. The Morgan fingerprint density at radius 1 is 1.40 bits per heavy atom. The average molecular weight is 301 g/mol. The topological polar surface area (TPSA) is 54.3 Å². The number of rotatable bonds is 4. The summed E-state index contributed by atoms with van der Waals surface area (Å²) in [6, 6.07) is 7.15. The van der Waals surface area contributed by atoms with E-state index in [0.717, 1.165) is 4.57 Å². The molecule has 2 aromatic rings. The van der Waals surface area contributed by atoms with Crippen molar-refractivity contribution in [3.05, 3.63) is 47.2 Å². The minimum absolute atomic E-state index is 0.111. The first kappa shape index (κ1) is 14.3. The number of benzene rings is 1. The SMILES string of the molecule is O=C(Nc1ccc(Cl)c(O)c1)c1cccn1CC(F)F. The van der Waals surface area contributed by atoms with E-state index in [2.05, 4.69) is 5.32 Å². The van der Waals surface area contributed by atoms with E-state index in [-0.39, 0.29) is 16.5 Å². The number of anilines is 1. The number of phenolic OH excluding ortho intramolecular Hbond substituents is 1. The minimum atomic E-state index is -2.55. The molecule has 0 saturated carbocycles. The Kier molecular flexibility index (Phi) is 4.24. The van der Waals surface area contributed by atoms with E-state index in [1.54, 1.807) is 0 Å². The number of nitrogens with one attached hydrogen (secondary N) is 1. The van der Waals surface area contributed by atoms with Gasteiger partial charge in [-0.25, -0.2) is 8.78 Å². The van der Waals surface area contributed by atoms with Gasteiger partial charge < -0.3 is 15.0 Å². The van der Waals surface area contributed by atoms with Crippen LogP contribution in [0.25, 0.3) is 0 Å². The van der Waals surface area contributed by atoms with Crippen molar-refractivity contribution in [1.82, 2.24) is 4.57 Å². The van der Waals surface area contributed by atoms with E-state index < -0.39 is 18.9 Å². The second-order valence-electron chi connectivity index (χ2n) is 4.06. The van der Waals surface area contributed by atoms with Gasteiger partial charge in [-0.15, -0.1) is 0 Å². The Morgan fingerprint density at radius 3 is 2.80 bits per heavy atom. The molecule has 1 aromatic carbocycles. The van der Waals surface area contributed by atoms with Gasteiger partial charge in [0, 0.05) is 18.0 Å². The van der Waals surface area contributed by atoms with Crippen LogP contribution in [-0.4, -0.2) is 22.0 Å². The van der Waals surface area contributed by atoms with Crippen molar-refractivity contribution < 1.29 is 18.7 Å². The quantitative estimate of drug-likeness (QED) is 0.909. The highest BCUT2D eigenvalue weighted by atomic mass is 35.5. The highest BCUT2D eigenvalue weighted by Gasteiger charge is 2.14. The van der Waals surface area contributed by atoms with Gasteiger partial charge in [0.2, 0.25) is 0 Å². The second kappa shape index (κ2) is 5.92. The molecule has 7 heteroatoms. The van der Waals surface area contributed by atoms with Crippen molar-refractivity contribution in [3.63, 3.8) is 0 Å². The molecule has 0 unspecified atom stereocenters. The monoisotopic (exact) mass is 300 g/mol. The lowest BCUT2D eigenvalue weighted by molar-refractivity contribution is 0.0998. The molecule has 4 nitrogen and oxygen atoms in total. The molecule has 1 amide bonds. The standard InChI is InChI=1S/C13H11ClF2N2O2/c14-9-4-3-8(6-11(9)19)17-13(20)10-2-1-5-18(10)7-12(15)16/h1-6,12,19H,7H2,(H,17,20). The molecular weight excluding hydrogens is 290 g/mol. The lowest BCUT2D eigenvalue weighted by Gasteiger charge is -2.09. The Morgan fingerprint density at radius 2 is 2.15 bits per heavy atom. The maximum Gasteiger partial charge on any atom is 0.272 e. The van der Waals surface area contributed by atoms with Crippen molar-refractivity contribution in [2.45, 2.75) is 13.0 Å². The van der Waals surface area contributed by atoms with Crippen LogP contribution in [-0.2, 0) is 6.54 Å². The molecule has 0 spiro atoms. The van der Waals surface area contributed by atoms with Gasteiger partial charge in [-0.2, -0.15) is 0 Å². The number of halogens is 3. The highest BCUT2D eigenvalue weighted by Crippen LogP contribution is 2.26. The van der Waals surface area contributed by atoms with Gasteiger partial charge in [0.25, 0.3) is 12.3 Å². The second-order valence-corrected chi connectivity index (χ2v) is 4.46. The number of aromatic hydroxyl groups is 1. The lowest BCUT2D eigenvalue weighted by Crippen LogP contribution is -2.18. The fourth-order valence-corrected chi connectivity index (χ4v) is 1.83. The Labute approximate surface area is 118 Å². The Balaban J connectivity index is 2.15. The van der Waals surface area contributed by atoms with Crippen LogP contribution in [0.2, 0.25) is 5.02 Å². The van der Waals surface area contributed by atoms with E-state index in [9.17, 15) is 18.7 Å². The fraction of sp³-hybridized carbons (Fsp3) is 0.154. The molecule has 0 aliphatic carbocycles. The first-order valence-corrected chi connectivity index (χ1v) is 6.08. The molecule has 1 aromatic heterocycles. The summed E-state index contributed by atoms with van der Waals surface area (Å²) in [6.07, 6.45) is -1.14. The van der Waals surface area contributed by atoms with Crippen molar-refractivity contribution in [2.75, 3.05) is 5.32 Å². The number of nitrogens with zero attached hydrogens (tertiary/aromatic N) is 1. The number of alkyl halides is 2. The molecular formula is C13H11ClF2N2O2. The summed E-state index contributed by atoms with van der Waals surface area (Å²) < 4.78 is 25.9. The fourth-order valence-electron chi connectivity index (χ4n) is 1.71. The highest BCUT2D eigenvalue weighted by molar-refractivity contribution is 6.32. The molecule has 2 N–H and O–H groups in total. The predicted molar refractivity (Wildman–Crippen MR) is 71.5 cm³/mol. The van der Waals surface area contributed by atoms with Crippen LogP contribution >= 0.6 is 11.6 Å². The number of carbonyl (C=O) groups excluding carboxylic acids is 1.